The van der Waals surface area contributed by atoms with Crippen molar-refractivity contribution >= 4 is 22.6 Å². The maximum Gasteiger partial charge on any atom is 0.244 e. The van der Waals surface area contributed by atoms with Gasteiger partial charge >= 0.3 is 0 Å². The number of nitrogens with zero attached hydrogens (tertiary/aromatic N) is 5. The van der Waals surface area contributed by atoms with E-state index in [2.05, 4.69) is 36.3 Å². The van der Waals surface area contributed by atoms with Crippen LogP contribution >= 0.6 is 0 Å². The second-order valence-electron chi connectivity index (χ2n) is 8.46. The molecule has 6 nitrogen and oxygen atoms in total. The lowest BCUT2D eigenvalue weighted by molar-refractivity contribution is -0.132. The number of rotatable bonds is 8. The van der Waals surface area contributed by atoms with Crippen molar-refractivity contribution in [2.45, 2.75) is 26.4 Å². The van der Waals surface area contributed by atoms with E-state index in [1.807, 2.05) is 23.9 Å². The summed E-state index contributed by atoms with van der Waals surface area (Å²) in [5.41, 5.74) is 4.04. The van der Waals surface area contributed by atoms with E-state index in [1.165, 1.54) is 12.1 Å². The Bertz CT molecular complexity index is 1240. The van der Waals surface area contributed by atoms with E-state index in [4.69, 9.17) is 4.98 Å². The smallest absolute Gasteiger partial charge is 0.244 e. The van der Waals surface area contributed by atoms with Gasteiger partial charge in [0.05, 0.1) is 5.52 Å². The fraction of sp³-hybridized carbons (Fsp3) is 0.269. The number of aryl methyl sites for hydroxylation is 1. The van der Waals surface area contributed by atoms with Gasteiger partial charge in [0, 0.05) is 50.5 Å². The van der Waals surface area contributed by atoms with Crippen LogP contribution in [0, 0.1) is 12.7 Å². The molecule has 2 aromatic carbocycles. The molecule has 0 aliphatic rings. The van der Waals surface area contributed by atoms with E-state index in [-0.39, 0.29) is 18.3 Å². The Kier molecular flexibility index (Phi) is 6.68. The van der Waals surface area contributed by atoms with Gasteiger partial charge in [0.1, 0.15) is 18.2 Å². The second-order valence-corrected chi connectivity index (χ2v) is 8.46. The predicted octanol–water partition coefficient (Wildman–Crippen LogP) is 4.22. The molecule has 0 spiro atoms. The highest BCUT2D eigenvalue weighted by Gasteiger charge is 2.19. The minimum Gasteiger partial charge on any atom is -0.362 e. The molecule has 170 valence electrons. The first kappa shape index (κ1) is 22.5. The minimum atomic E-state index is -0.265. The minimum absolute atomic E-state index is 0.0329. The summed E-state index contributed by atoms with van der Waals surface area (Å²) < 4.78 is 14.9. The Morgan fingerprint density at radius 3 is 2.58 bits per heavy atom. The first-order valence-electron chi connectivity index (χ1n) is 11.0. The lowest BCUT2D eigenvalue weighted by Gasteiger charge is -2.26. The van der Waals surface area contributed by atoms with E-state index >= 15 is 0 Å². The van der Waals surface area contributed by atoms with Gasteiger partial charge in [-0.3, -0.25) is 9.48 Å². The highest BCUT2D eigenvalue weighted by atomic mass is 19.1. The van der Waals surface area contributed by atoms with E-state index in [9.17, 15) is 9.18 Å². The Hall–Kier alpha value is -3.74. The van der Waals surface area contributed by atoms with Crippen LogP contribution in [-0.4, -0.2) is 46.2 Å². The normalized spacial score (nSPS) is 11.0. The van der Waals surface area contributed by atoms with E-state index in [1.54, 1.807) is 35.3 Å². The summed E-state index contributed by atoms with van der Waals surface area (Å²) in [7, 11) is 3.92. The third-order valence-electron chi connectivity index (χ3n) is 5.61. The average Bonchev–Trinajstić information content (AvgIpc) is 3.30. The zero-order chi connectivity index (χ0) is 23.4. The quantitative estimate of drug-likeness (QED) is 0.408. The van der Waals surface area contributed by atoms with Crippen molar-refractivity contribution in [2.24, 2.45) is 0 Å². The summed E-state index contributed by atoms with van der Waals surface area (Å²) in [6.07, 6.45) is 4.07. The molecule has 33 heavy (non-hydrogen) atoms. The maximum absolute atomic E-state index is 13.3. The van der Waals surface area contributed by atoms with Crippen LogP contribution in [0.1, 0.15) is 16.7 Å². The number of benzene rings is 2. The number of amides is 1. The largest absolute Gasteiger partial charge is 0.362 e. The predicted molar refractivity (Wildman–Crippen MR) is 129 cm³/mol. The molecule has 2 heterocycles. The van der Waals surface area contributed by atoms with Crippen molar-refractivity contribution in [1.82, 2.24) is 19.7 Å². The third kappa shape index (κ3) is 5.55. The molecule has 4 rings (SSSR count). The van der Waals surface area contributed by atoms with Gasteiger partial charge in [-0.25, -0.2) is 9.37 Å². The van der Waals surface area contributed by atoms with Gasteiger partial charge in [0.2, 0.25) is 5.91 Å². The molecule has 0 aliphatic heterocycles. The molecule has 7 heteroatoms. The van der Waals surface area contributed by atoms with Crippen molar-refractivity contribution in [3.63, 3.8) is 0 Å². The SMILES string of the molecule is Cc1ccc2cc(CN(CCc3ccc(F)cc3)C(=O)Cn3cccn3)c(N(C)C)nc2c1. The van der Waals surface area contributed by atoms with Gasteiger partial charge in [0.15, 0.2) is 0 Å². The van der Waals surface area contributed by atoms with Crippen LogP contribution in [0.5, 0.6) is 0 Å². The standard InChI is InChI=1S/C26H28FN5O/c1-19-5-8-21-16-22(26(30(2)3)29-24(21)15-19)17-31(25(33)18-32-13-4-12-28-32)14-11-20-6-9-23(27)10-7-20/h4-10,12-13,15-16H,11,14,17-18H2,1-3H3. The van der Waals surface area contributed by atoms with Crippen LogP contribution in [0.3, 0.4) is 0 Å². The topological polar surface area (TPSA) is 54.3 Å². The Morgan fingerprint density at radius 2 is 1.88 bits per heavy atom. The summed E-state index contributed by atoms with van der Waals surface area (Å²) in [6, 6.07) is 16.5. The number of anilines is 1. The van der Waals surface area contributed by atoms with Crippen LogP contribution in [0.15, 0.2) is 67.0 Å². The number of pyridine rings is 1. The number of aromatic nitrogens is 3. The van der Waals surface area contributed by atoms with E-state index in [0.29, 0.717) is 19.5 Å². The first-order chi connectivity index (χ1) is 15.9. The zero-order valence-electron chi connectivity index (χ0n) is 19.2. The first-order valence-corrected chi connectivity index (χ1v) is 11.0. The lowest BCUT2D eigenvalue weighted by atomic mass is 10.1. The number of carbonyl (C=O) groups excluding carboxylic acids is 1. The second kappa shape index (κ2) is 9.81. The molecule has 0 unspecified atom stereocenters. The van der Waals surface area contributed by atoms with Gasteiger partial charge in [-0.15, -0.1) is 0 Å². The summed E-state index contributed by atoms with van der Waals surface area (Å²) in [4.78, 5) is 21.9. The van der Waals surface area contributed by atoms with E-state index < -0.39 is 0 Å². The Morgan fingerprint density at radius 1 is 1.09 bits per heavy atom. The Balaban J connectivity index is 1.63. The maximum atomic E-state index is 13.3. The molecular formula is C26H28FN5O. The van der Waals surface area contributed by atoms with Crippen molar-refractivity contribution < 1.29 is 9.18 Å². The average molecular weight is 446 g/mol. The monoisotopic (exact) mass is 445 g/mol. The molecule has 4 aromatic rings. The third-order valence-corrected chi connectivity index (χ3v) is 5.61. The molecule has 0 aliphatic carbocycles. The highest BCUT2D eigenvalue weighted by Crippen LogP contribution is 2.25. The van der Waals surface area contributed by atoms with Crippen molar-refractivity contribution in [3.8, 4) is 0 Å². The number of fused-ring (bicyclic) bond motifs is 1. The molecule has 0 bridgehead atoms. The number of halogens is 1. The summed E-state index contributed by atoms with van der Waals surface area (Å²) in [6.45, 7) is 3.14. The molecule has 1 amide bonds. The van der Waals surface area contributed by atoms with Crippen LogP contribution in [0.4, 0.5) is 10.2 Å². The molecular weight excluding hydrogens is 417 g/mol. The number of hydrogen-bond acceptors (Lipinski definition) is 4. The molecule has 0 radical (unpaired) electrons. The van der Waals surface area contributed by atoms with Gasteiger partial charge in [-0.05, 0) is 54.8 Å². The van der Waals surface area contributed by atoms with Crippen LogP contribution in [0.2, 0.25) is 0 Å². The van der Waals surface area contributed by atoms with Crippen molar-refractivity contribution in [1.29, 1.82) is 0 Å². The fourth-order valence-corrected chi connectivity index (χ4v) is 3.86. The Labute approximate surface area is 193 Å². The highest BCUT2D eigenvalue weighted by molar-refractivity contribution is 5.83. The van der Waals surface area contributed by atoms with Crippen LogP contribution in [0.25, 0.3) is 10.9 Å². The molecule has 0 saturated carbocycles. The zero-order valence-corrected chi connectivity index (χ0v) is 19.2. The van der Waals surface area contributed by atoms with Crippen molar-refractivity contribution in [2.75, 3.05) is 25.5 Å². The molecule has 0 N–H and O–H groups in total. The van der Waals surface area contributed by atoms with Crippen LogP contribution < -0.4 is 4.90 Å². The molecule has 0 saturated heterocycles. The summed E-state index contributed by atoms with van der Waals surface area (Å²) in [5.74, 6) is 0.541. The van der Waals surface area contributed by atoms with Gasteiger partial charge in [-0.1, -0.05) is 24.3 Å². The summed E-state index contributed by atoms with van der Waals surface area (Å²) >= 11 is 0. The van der Waals surface area contributed by atoms with Gasteiger partial charge in [-0.2, -0.15) is 5.10 Å². The number of carbonyl (C=O) groups is 1. The van der Waals surface area contributed by atoms with E-state index in [0.717, 1.165) is 33.4 Å². The fourth-order valence-electron chi connectivity index (χ4n) is 3.86. The molecule has 0 atom stereocenters. The van der Waals surface area contributed by atoms with Crippen LogP contribution in [-0.2, 0) is 24.3 Å². The van der Waals surface area contributed by atoms with Gasteiger partial charge < -0.3 is 9.80 Å². The molecule has 0 fully saturated rings. The molecule has 2 aromatic heterocycles. The summed E-state index contributed by atoms with van der Waals surface area (Å²) in [5, 5.41) is 5.22. The lowest BCUT2D eigenvalue weighted by Crippen LogP contribution is -2.35. The van der Waals surface area contributed by atoms with Gasteiger partial charge in [0.25, 0.3) is 0 Å². The number of hydrogen-bond donors (Lipinski definition) is 0. The van der Waals surface area contributed by atoms with Crippen molar-refractivity contribution in [3.05, 3.63) is 89.5 Å².